The molecule has 16 heavy (non-hydrogen) atoms. The van der Waals surface area contributed by atoms with Crippen molar-refractivity contribution in [3.8, 4) is 0 Å². The maximum absolute atomic E-state index is 12.2. The van der Waals surface area contributed by atoms with E-state index in [4.69, 9.17) is 0 Å². The fraction of sp³-hybridized carbons (Fsp3) is 0.533. The second-order valence-electron chi connectivity index (χ2n) is 5.05. The van der Waals surface area contributed by atoms with Gasteiger partial charge in [0, 0.05) is 5.41 Å². The second-order valence-corrected chi connectivity index (χ2v) is 5.05. The molecule has 2 rings (SSSR count). The number of rotatable bonds is 2. The molecule has 1 heteroatoms. The third kappa shape index (κ3) is 1.79. The molecule has 0 saturated heterocycles. The molecular weight excluding hydrogens is 196 g/mol. The van der Waals surface area contributed by atoms with Crippen LogP contribution in [0.2, 0.25) is 0 Å². The Morgan fingerprint density at radius 1 is 1.44 bits per heavy atom. The van der Waals surface area contributed by atoms with Crippen molar-refractivity contribution < 1.29 is 4.79 Å². The van der Waals surface area contributed by atoms with Gasteiger partial charge in [-0.25, -0.2) is 0 Å². The zero-order chi connectivity index (χ0) is 11.6. The van der Waals surface area contributed by atoms with Crippen molar-refractivity contribution in [1.82, 2.24) is 0 Å². The molecule has 0 amide bonds. The summed E-state index contributed by atoms with van der Waals surface area (Å²) in [4.78, 5) is 12.2. The van der Waals surface area contributed by atoms with E-state index in [0.717, 1.165) is 0 Å². The quantitative estimate of drug-likeness (QED) is 0.641. The van der Waals surface area contributed by atoms with Gasteiger partial charge in [0.05, 0.1) is 5.92 Å². The van der Waals surface area contributed by atoms with Crippen LogP contribution in [0.5, 0.6) is 0 Å². The number of carbonyl (C=O) groups is 1. The van der Waals surface area contributed by atoms with Crippen molar-refractivity contribution in [2.24, 2.45) is 11.3 Å². The lowest BCUT2D eigenvalue weighted by atomic mass is 9.66. The van der Waals surface area contributed by atoms with Gasteiger partial charge >= 0.3 is 0 Å². The first-order valence-electron chi connectivity index (χ1n) is 6.22. The van der Waals surface area contributed by atoms with Crippen molar-refractivity contribution in [3.63, 3.8) is 0 Å². The first-order valence-corrected chi connectivity index (χ1v) is 6.22. The van der Waals surface area contributed by atoms with E-state index in [1.54, 1.807) is 6.08 Å². The lowest BCUT2D eigenvalue weighted by molar-refractivity contribution is -0.119. The first kappa shape index (κ1) is 11.4. The Labute approximate surface area is 97.9 Å². The monoisotopic (exact) mass is 216 g/mol. The van der Waals surface area contributed by atoms with E-state index in [2.05, 4.69) is 25.2 Å². The maximum Gasteiger partial charge on any atom is 0.163 e. The van der Waals surface area contributed by atoms with Gasteiger partial charge in [-0.15, -0.1) is 0 Å². The van der Waals surface area contributed by atoms with Crippen LogP contribution in [0.4, 0.5) is 0 Å². The van der Waals surface area contributed by atoms with E-state index in [0.29, 0.717) is 0 Å². The molecule has 1 nitrogen and oxygen atoms in total. The topological polar surface area (TPSA) is 17.1 Å². The zero-order valence-corrected chi connectivity index (χ0v) is 10.2. The lowest BCUT2D eigenvalue weighted by Crippen LogP contribution is -2.33. The summed E-state index contributed by atoms with van der Waals surface area (Å²) < 4.78 is 0. The fourth-order valence-corrected chi connectivity index (χ4v) is 3.29. The molecule has 0 aliphatic heterocycles. The van der Waals surface area contributed by atoms with Gasteiger partial charge in [-0.05, 0) is 32.8 Å². The van der Waals surface area contributed by atoms with Crippen molar-refractivity contribution in [3.05, 3.63) is 36.0 Å². The van der Waals surface area contributed by atoms with Crippen molar-refractivity contribution in [1.29, 1.82) is 0 Å². The van der Waals surface area contributed by atoms with Gasteiger partial charge in [-0.3, -0.25) is 4.79 Å². The van der Waals surface area contributed by atoms with Crippen LogP contribution in [0.1, 0.15) is 39.5 Å². The first-order chi connectivity index (χ1) is 7.69. The lowest BCUT2D eigenvalue weighted by Gasteiger charge is -2.36. The summed E-state index contributed by atoms with van der Waals surface area (Å²) in [6, 6.07) is 0. The predicted molar refractivity (Wildman–Crippen MR) is 67.1 cm³/mol. The number of ketones is 1. The van der Waals surface area contributed by atoms with Gasteiger partial charge in [0.15, 0.2) is 5.78 Å². The minimum absolute atomic E-state index is 0.0937. The average Bonchev–Trinajstić information content (AvgIpc) is 2.67. The van der Waals surface area contributed by atoms with Crippen LogP contribution in [0.25, 0.3) is 0 Å². The Bertz CT molecular complexity index is 365. The Hall–Kier alpha value is -1.11. The molecule has 1 atom stereocenters. The summed E-state index contributed by atoms with van der Waals surface area (Å²) in [5, 5.41) is 0. The third-order valence-corrected chi connectivity index (χ3v) is 3.97. The van der Waals surface area contributed by atoms with E-state index in [1.807, 2.05) is 13.0 Å². The van der Waals surface area contributed by atoms with Gasteiger partial charge in [-0.2, -0.15) is 0 Å². The summed E-state index contributed by atoms with van der Waals surface area (Å²) in [6.07, 6.45) is 15.0. The molecule has 0 radical (unpaired) electrons. The van der Waals surface area contributed by atoms with E-state index in [9.17, 15) is 4.79 Å². The molecule has 2 aliphatic carbocycles. The molecule has 0 bridgehead atoms. The molecule has 1 fully saturated rings. The summed E-state index contributed by atoms with van der Waals surface area (Å²) in [6.45, 7) is 4.01. The SMILES string of the molecule is CC=CC(=O)C1C(C)=CC=CC12CCCC2. The van der Waals surface area contributed by atoms with Crippen molar-refractivity contribution in [2.45, 2.75) is 39.5 Å². The van der Waals surface area contributed by atoms with Crippen LogP contribution in [-0.4, -0.2) is 5.78 Å². The molecule has 86 valence electrons. The molecule has 0 aromatic rings. The number of hydrogen-bond donors (Lipinski definition) is 0. The summed E-state index contributed by atoms with van der Waals surface area (Å²) in [5.74, 6) is 0.374. The standard InChI is InChI=1S/C15H20O/c1-3-7-13(16)14-12(2)8-6-11-15(14)9-4-5-10-15/h3,6-8,11,14H,4-5,9-10H2,1-2H3. The van der Waals surface area contributed by atoms with Crippen molar-refractivity contribution in [2.75, 3.05) is 0 Å². The van der Waals surface area contributed by atoms with Crippen LogP contribution in [-0.2, 0) is 4.79 Å². The highest BCUT2D eigenvalue weighted by Gasteiger charge is 2.43. The van der Waals surface area contributed by atoms with Crippen LogP contribution >= 0.6 is 0 Å². The molecule has 2 aliphatic rings. The normalized spacial score (nSPS) is 27.6. The average molecular weight is 216 g/mol. The van der Waals surface area contributed by atoms with Gasteiger partial charge in [0.25, 0.3) is 0 Å². The number of carbonyl (C=O) groups excluding carboxylic acids is 1. The molecule has 1 saturated carbocycles. The van der Waals surface area contributed by atoms with Crippen LogP contribution in [0, 0.1) is 11.3 Å². The van der Waals surface area contributed by atoms with E-state index in [-0.39, 0.29) is 17.1 Å². The van der Waals surface area contributed by atoms with E-state index >= 15 is 0 Å². The zero-order valence-electron chi connectivity index (χ0n) is 10.2. The highest BCUT2D eigenvalue weighted by Crippen LogP contribution is 2.50. The Morgan fingerprint density at radius 3 is 2.75 bits per heavy atom. The van der Waals surface area contributed by atoms with Gasteiger partial charge in [-0.1, -0.05) is 42.7 Å². The Kier molecular flexibility index (Phi) is 3.13. The van der Waals surface area contributed by atoms with E-state index < -0.39 is 0 Å². The molecular formula is C15H20O. The van der Waals surface area contributed by atoms with Crippen molar-refractivity contribution >= 4 is 5.78 Å². The fourth-order valence-electron chi connectivity index (χ4n) is 3.29. The summed E-state index contributed by atoms with van der Waals surface area (Å²) in [7, 11) is 0. The smallest absolute Gasteiger partial charge is 0.163 e. The largest absolute Gasteiger partial charge is 0.294 e. The van der Waals surface area contributed by atoms with E-state index in [1.165, 1.54) is 31.3 Å². The Balaban J connectivity index is 2.34. The van der Waals surface area contributed by atoms with Gasteiger partial charge in [0.1, 0.15) is 0 Å². The minimum atomic E-state index is 0.0937. The van der Waals surface area contributed by atoms with Gasteiger partial charge in [0.2, 0.25) is 0 Å². The number of allylic oxidation sites excluding steroid dienone is 6. The highest BCUT2D eigenvalue weighted by atomic mass is 16.1. The molecule has 0 heterocycles. The summed E-state index contributed by atoms with van der Waals surface area (Å²) in [5.41, 5.74) is 1.36. The molecule has 0 N–H and O–H groups in total. The maximum atomic E-state index is 12.2. The van der Waals surface area contributed by atoms with Gasteiger partial charge < -0.3 is 0 Å². The third-order valence-electron chi connectivity index (χ3n) is 3.97. The predicted octanol–water partition coefficient (Wildman–Crippen LogP) is 3.82. The highest BCUT2D eigenvalue weighted by molar-refractivity contribution is 5.94. The van der Waals surface area contributed by atoms with Crippen LogP contribution < -0.4 is 0 Å². The molecule has 1 unspecified atom stereocenters. The Morgan fingerprint density at radius 2 is 2.12 bits per heavy atom. The van der Waals surface area contributed by atoms with Crippen LogP contribution in [0.15, 0.2) is 36.0 Å². The second kappa shape index (κ2) is 4.40. The summed E-state index contributed by atoms with van der Waals surface area (Å²) >= 11 is 0. The molecule has 0 aromatic heterocycles. The van der Waals surface area contributed by atoms with Crippen LogP contribution in [0.3, 0.4) is 0 Å². The number of hydrogen-bond acceptors (Lipinski definition) is 1. The minimum Gasteiger partial charge on any atom is -0.294 e. The molecule has 0 aromatic carbocycles. The molecule has 1 spiro atoms.